The van der Waals surface area contributed by atoms with Gasteiger partial charge in [0.1, 0.15) is 26.4 Å². The number of carbonyl (C=O) groups excluding carboxylic acids is 4. The van der Waals surface area contributed by atoms with Crippen LogP contribution in [-0.2, 0) is 42.9 Å². The maximum absolute atomic E-state index is 13.1. The van der Waals surface area contributed by atoms with E-state index >= 15 is 0 Å². The van der Waals surface area contributed by atoms with Crippen LogP contribution in [0.4, 0.5) is 0 Å². The van der Waals surface area contributed by atoms with Crippen LogP contribution < -0.4 is 0 Å². The standard InChI is InChI=1S/C66H126O11/c1-5-9-13-17-21-25-29-33-37-41-45-49-61(69)74-57-65(53-67,58-75-62(70)50-46-42-38-34-30-26-22-18-14-10-6-2)55-73-56-66(54-68,59-76-63(71)51-47-43-39-35-31-27-23-19-15-11-7-3)60-77-64(72)52-48-44-40-36-32-28-24-20-16-12-8-4/h67-68H,5-60H2,1-4H3. The number of carbonyl (C=O) groups is 4. The summed E-state index contributed by atoms with van der Waals surface area (Å²) < 4.78 is 29.4. The number of rotatable bonds is 62. The number of esters is 4. The summed E-state index contributed by atoms with van der Waals surface area (Å²) in [4.78, 5) is 52.5. The highest BCUT2D eigenvalue weighted by Gasteiger charge is 2.38. The maximum Gasteiger partial charge on any atom is 0.305 e. The van der Waals surface area contributed by atoms with Crippen LogP contribution in [0.5, 0.6) is 0 Å². The zero-order chi connectivity index (χ0) is 56.4. The molecule has 0 unspecified atom stereocenters. The maximum atomic E-state index is 13.1. The molecule has 0 amide bonds. The second-order valence-corrected chi connectivity index (χ2v) is 23.6. The van der Waals surface area contributed by atoms with Crippen molar-refractivity contribution in [3.05, 3.63) is 0 Å². The highest BCUT2D eigenvalue weighted by atomic mass is 16.6. The number of hydrogen-bond donors (Lipinski definition) is 2. The number of aliphatic hydroxyl groups excluding tert-OH is 2. The van der Waals surface area contributed by atoms with E-state index < -0.39 is 24.0 Å². The molecule has 11 heteroatoms. The van der Waals surface area contributed by atoms with E-state index in [-0.39, 0.29) is 89.2 Å². The van der Waals surface area contributed by atoms with Crippen LogP contribution in [0, 0.1) is 10.8 Å². The van der Waals surface area contributed by atoms with Gasteiger partial charge in [0.25, 0.3) is 0 Å². The minimum atomic E-state index is -1.29. The monoisotopic (exact) mass is 1090 g/mol. The molecule has 0 atom stereocenters. The molecule has 2 N–H and O–H groups in total. The van der Waals surface area contributed by atoms with Crippen LogP contribution >= 0.6 is 0 Å². The van der Waals surface area contributed by atoms with E-state index in [0.717, 1.165) is 77.0 Å². The van der Waals surface area contributed by atoms with Crippen molar-refractivity contribution in [1.82, 2.24) is 0 Å². The molecule has 0 aromatic carbocycles. The molecular weight excluding hydrogens is 969 g/mol. The van der Waals surface area contributed by atoms with Crippen LogP contribution in [0.3, 0.4) is 0 Å². The van der Waals surface area contributed by atoms with Gasteiger partial charge in [-0.2, -0.15) is 0 Å². The van der Waals surface area contributed by atoms with Crippen molar-refractivity contribution < 1.29 is 53.1 Å². The smallest absolute Gasteiger partial charge is 0.305 e. The van der Waals surface area contributed by atoms with Gasteiger partial charge in [-0.05, 0) is 25.7 Å². The van der Waals surface area contributed by atoms with E-state index in [9.17, 15) is 29.4 Å². The first-order valence-corrected chi connectivity index (χ1v) is 33.1. The molecule has 0 bridgehead atoms. The Labute approximate surface area is 474 Å². The van der Waals surface area contributed by atoms with E-state index in [1.165, 1.54) is 180 Å². The van der Waals surface area contributed by atoms with E-state index in [2.05, 4.69) is 27.7 Å². The molecule has 0 saturated carbocycles. The average Bonchev–Trinajstić information content (AvgIpc) is 3.43. The van der Waals surface area contributed by atoms with Gasteiger partial charge in [-0.15, -0.1) is 0 Å². The van der Waals surface area contributed by atoms with Crippen molar-refractivity contribution in [3.8, 4) is 0 Å². The summed E-state index contributed by atoms with van der Waals surface area (Å²) >= 11 is 0. The summed E-state index contributed by atoms with van der Waals surface area (Å²) in [7, 11) is 0. The molecular formula is C66H126O11. The van der Waals surface area contributed by atoms with E-state index in [1.54, 1.807) is 0 Å². The van der Waals surface area contributed by atoms with E-state index in [0.29, 0.717) is 25.7 Å². The summed E-state index contributed by atoms with van der Waals surface area (Å²) in [6, 6.07) is 0. The Morgan fingerprint density at radius 1 is 0.247 bits per heavy atom. The Kier molecular flexibility index (Phi) is 55.4. The highest BCUT2D eigenvalue weighted by molar-refractivity contribution is 5.70. The molecule has 0 radical (unpaired) electrons. The van der Waals surface area contributed by atoms with Gasteiger partial charge in [-0.25, -0.2) is 0 Å². The van der Waals surface area contributed by atoms with E-state index in [1.807, 2.05) is 0 Å². The number of aliphatic hydroxyl groups is 2. The molecule has 0 aromatic heterocycles. The van der Waals surface area contributed by atoms with E-state index in [4.69, 9.17) is 23.7 Å². The molecule has 0 aliphatic carbocycles. The van der Waals surface area contributed by atoms with Crippen LogP contribution in [0.25, 0.3) is 0 Å². The zero-order valence-corrected chi connectivity index (χ0v) is 51.2. The predicted molar refractivity (Wildman–Crippen MR) is 318 cm³/mol. The summed E-state index contributed by atoms with van der Waals surface area (Å²) in [6.07, 6.45) is 52.4. The molecule has 0 rings (SSSR count). The third-order valence-corrected chi connectivity index (χ3v) is 15.6. The largest absolute Gasteiger partial charge is 0.465 e. The molecule has 11 nitrogen and oxygen atoms in total. The highest BCUT2D eigenvalue weighted by Crippen LogP contribution is 2.26. The second kappa shape index (κ2) is 57.0. The Hall–Kier alpha value is -2.24. The first-order valence-electron chi connectivity index (χ1n) is 33.1. The SMILES string of the molecule is CCCCCCCCCCCCCC(=O)OCC(CO)(COCC(CO)(COC(=O)CCCCCCCCCCCCC)COC(=O)CCCCCCCCCCCCC)COC(=O)CCCCCCCCCCCCC. The van der Waals surface area contributed by atoms with Crippen molar-refractivity contribution in [2.45, 2.75) is 336 Å². The lowest BCUT2D eigenvalue weighted by Gasteiger charge is -2.34. The van der Waals surface area contributed by atoms with Crippen molar-refractivity contribution >= 4 is 23.9 Å². The molecule has 0 aliphatic heterocycles. The lowest BCUT2D eigenvalue weighted by atomic mass is 9.90. The van der Waals surface area contributed by atoms with Gasteiger partial charge in [0.15, 0.2) is 0 Å². The molecule has 456 valence electrons. The predicted octanol–water partition coefficient (Wildman–Crippen LogP) is 17.9. The van der Waals surface area contributed by atoms with Gasteiger partial charge in [0.05, 0.1) is 37.3 Å². The molecule has 0 aromatic rings. The van der Waals surface area contributed by atoms with Gasteiger partial charge in [0.2, 0.25) is 0 Å². The minimum Gasteiger partial charge on any atom is -0.465 e. The van der Waals surface area contributed by atoms with Crippen LogP contribution in [-0.4, -0.2) is 86.9 Å². The van der Waals surface area contributed by atoms with Gasteiger partial charge < -0.3 is 33.9 Å². The summed E-state index contributed by atoms with van der Waals surface area (Å²) in [5, 5.41) is 21.9. The van der Waals surface area contributed by atoms with Crippen molar-refractivity contribution in [2.24, 2.45) is 10.8 Å². The van der Waals surface area contributed by atoms with Gasteiger partial charge in [0, 0.05) is 25.7 Å². The Bertz CT molecular complexity index is 1130. The molecule has 0 heterocycles. The van der Waals surface area contributed by atoms with Gasteiger partial charge >= 0.3 is 23.9 Å². The van der Waals surface area contributed by atoms with Crippen molar-refractivity contribution in [2.75, 3.05) is 52.9 Å². The normalized spacial score (nSPS) is 11.8. The first kappa shape index (κ1) is 74.8. The average molecular weight is 1100 g/mol. The molecule has 0 spiro atoms. The fraction of sp³-hybridized carbons (Fsp3) is 0.939. The van der Waals surface area contributed by atoms with Gasteiger partial charge in [-0.1, -0.05) is 285 Å². The summed E-state index contributed by atoms with van der Waals surface area (Å²) in [5.74, 6) is -1.54. The van der Waals surface area contributed by atoms with Crippen molar-refractivity contribution in [3.63, 3.8) is 0 Å². The quantitative estimate of drug-likeness (QED) is 0.0340. The second-order valence-electron chi connectivity index (χ2n) is 23.6. The molecule has 0 aliphatic rings. The Balaban J connectivity index is 5.65. The Morgan fingerprint density at radius 3 is 0.558 bits per heavy atom. The summed E-state index contributed by atoms with van der Waals surface area (Å²) in [5.41, 5.74) is -2.59. The molecule has 0 fully saturated rings. The Morgan fingerprint density at radius 2 is 0.403 bits per heavy atom. The van der Waals surface area contributed by atoms with Gasteiger partial charge in [-0.3, -0.25) is 19.2 Å². The van der Waals surface area contributed by atoms with Crippen LogP contribution in [0.2, 0.25) is 0 Å². The molecule has 77 heavy (non-hydrogen) atoms. The zero-order valence-electron chi connectivity index (χ0n) is 51.2. The third-order valence-electron chi connectivity index (χ3n) is 15.6. The fourth-order valence-corrected chi connectivity index (χ4v) is 9.97. The third kappa shape index (κ3) is 49.3. The molecule has 0 saturated heterocycles. The lowest BCUT2D eigenvalue weighted by Crippen LogP contribution is -2.46. The van der Waals surface area contributed by atoms with Crippen LogP contribution in [0.1, 0.15) is 336 Å². The fourth-order valence-electron chi connectivity index (χ4n) is 9.97. The summed E-state index contributed by atoms with van der Waals surface area (Å²) in [6.45, 7) is 6.62. The number of ether oxygens (including phenoxy) is 5. The minimum absolute atomic E-state index is 0.192. The number of hydrogen-bond acceptors (Lipinski definition) is 11. The topological polar surface area (TPSA) is 155 Å². The number of unbranched alkanes of at least 4 members (excludes halogenated alkanes) is 40. The lowest BCUT2D eigenvalue weighted by molar-refractivity contribution is -0.168. The van der Waals surface area contributed by atoms with Crippen molar-refractivity contribution in [1.29, 1.82) is 0 Å². The van der Waals surface area contributed by atoms with Crippen LogP contribution in [0.15, 0.2) is 0 Å². The first-order chi connectivity index (χ1) is 37.6.